The number of benzene rings is 3. The zero-order chi connectivity index (χ0) is 27.0. The molecule has 5 rings (SSSR count). The van der Waals surface area contributed by atoms with Crippen LogP contribution in [0.25, 0.3) is 5.76 Å². The minimum atomic E-state index is -0.809. The van der Waals surface area contributed by atoms with Crippen molar-refractivity contribution in [1.82, 2.24) is 0 Å². The van der Waals surface area contributed by atoms with Crippen molar-refractivity contribution in [2.75, 3.05) is 48.7 Å². The molecule has 38 heavy (non-hydrogen) atoms. The average molecular weight is 514 g/mol. The van der Waals surface area contributed by atoms with Gasteiger partial charge in [-0.2, -0.15) is 0 Å². The molecule has 196 valence electrons. The van der Waals surface area contributed by atoms with Gasteiger partial charge in [-0.05, 0) is 74.0 Å². The predicted molar refractivity (Wildman–Crippen MR) is 148 cm³/mol. The van der Waals surface area contributed by atoms with Gasteiger partial charge in [0.05, 0.1) is 11.6 Å². The van der Waals surface area contributed by atoms with Crippen molar-refractivity contribution in [3.8, 4) is 11.5 Å². The number of carbonyl (C=O) groups is 2. The largest absolute Gasteiger partial charge is 0.507 e. The lowest BCUT2D eigenvalue weighted by Crippen LogP contribution is -2.29. The summed E-state index contributed by atoms with van der Waals surface area (Å²) in [4.78, 5) is 32.6. The van der Waals surface area contributed by atoms with E-state index in [1.54, 1.807) is 18.2 Å². The van der Waals surface area contributed by atoms with Crippen molar-refractivity contribution in [3.63, 3.8) is 0 Å². The predicted octanol–water partition coefficient (Wildman–Crippen LogP) is 4.95. The van der Waals surface area contributed by atoms with Crippen molar-refractivity contribution in [1.29, 1.82) is 0 Å². The average Bonchev–Trinajstić information content (AvgIpc) is 3.51. The SMILES string of the molecule is CCN(CC)c1ccc(C2/C(=C(/O)c3ccc4c(c3)OCO4)C(=O)C(=O)N2c2ccc(N(C)C)cc2)cc1. The Morgan fingerprint density at radius 1 is 0.895 bits per heavy atom. The van der Waals surface area contributed by atoms with Gasteiger partial charge in [0.25, 0.3) is 11.7 Å². The number of aliphatic hydroxyl groups excluding tert-OH is 1. The van der Waals surface area contributed by atoms with Gasteiger partial charge in [-0.15, -0.1) is 0 Å². The minimum Gasteiger partial charge on any atom is -0.507 e. The van der Waals surface area contributed by atoms with E-state index in [0.717, 1.165) is 30.0 Å². The maximum absolute atomic E-state index is 13.5. The van der Waals surface area contributed by atoms with Crippen LogP contribution >= 0.6 is 0 Å². The summed E-state index contributed by atoms with van der Waals surface area (Å²) in [6.07, 6.45) is 0. The van der Waals surface area contributed by atoms with Crippen molar-refractivity contribution >= 4 is 34.5 Å². The Labute approximate surface area is 222 Å². The lowest BCUT2D eigenvalue weighted by molar-refractivity contribution is -0.132. The molecular weight excluding hydrogens is 482 g/mol. The molecule has 0 bridgehead atoms. The van der Waals surface area contributed by atoms with E-state index in [4.69, 9.17) is 9.47 Å². The molecule has 1 unspecified atom stereocenters. The Balaban J connectivity index is 1.65. The number of aliphatic hydroxyl groups is 1. The number of rotatable bonds is 7. The first-order valence-corrected chi connectivity index (χ1v) is 12.7. The summed E-state index contributed by atoms with van der Waals surface area (Å²) in [6.45, 7) is 5.99. The van der Waals surface area contributed by atoms with Crippen molar-refractivity contribution < 1.29 is 24.2 Å². The summed E-state index contributed by atoms with van der Waals surface area (Å²) in [5, 5.41) is 11.4. The van der Waals surface area contributed by atoms with Gasteiger partial charge in [0, 0.05) is 49.8 Å². The van der Waals surface area contributed by atoms with E-state index in [2.05, 4.69) is 18.7 Å². The molecule has 2 aliphatic heterocycles. The van der Waals surface area contributed by atoms with Crippen LogP contribution in [0.5, 0.6) is 11.5 Å². The summed E-state index contributed by atoms with van der Waals surface area (Å²) in [5.41, 5.74) is 3.70. The number of amides is 1. The van der Waals surface area contributed by atoms with Crippen LogP contribution < -0.4 is 24.2 Å². The van der Waals surface area contributed by atoms with Crippen LogP contribution in [0.2, 0.25) is 0 Å². The minimum absolute atomic E-state index is 0.0288. The molecule has 2 heterocycles. The molecule has 0 spiro atoms. The van der Waals surface area contributed by atoms with E-state index >= 15 is 0 Å². The number of ketones is 1. The highest BCUT2D eigenvalue weighted by atomic mass is 16.7. The molecule has 0 aromatic heterocycles. The number of hydrogen-bond acceptors (Lipinski definition) is 7. The summed E-state index contributed by atoms with van der Waals surface area (Å²) >= 11 is 0. The first kappa shape index (κ1) is 25.2. The maximum atomic E-state index is 13.5. The molecule has 3 aromatic carbocycles. The van der Waals surface area contributed by atoms with E-state index in [1.807, 2.05) is 67.5 Å². The summed E-state index contributed by atoms with van der Waals surface area (Å²) < 4.78 is 10.8. The first-order chi connectivity index (χ1) is 18.3. The summed E-state index contributed by atoms with van der Waals surface area (Å²) in [7, 11) is 3.87. The smallest absolute Gasteiger partial charge is 0.300 e. The molecule has 1 fully saturated rings. The monoisotopic (exact) mass is 513 g/mol. The van der Waals surface area contributed by atoms with Gasteiger partial charge in [-0.3, -0.25) is 14.5 Å². The standard InChI is InChI=1S/C30H31N3O5/c1-5-32(6-2)22-10-7-19(8-11-22)27-26(28(34)20-9-16-24-25(17-20)38-18-37-24)29(35)30(36)33(27)23-14-12-21(13-15-23)31(3)4/h7-17,27,34H,5-6,18H2,1-4H3/b28-26-. The van der Waals surface area contributed by atoms with Gasteiger partial charge in [0.1, 0.15) is 5.76 Å². The fourth-order valence-electron chi connectivity index (χ4n) is 4.98. The molecule has 0 saturated carbocycles. The third kappa shape index (κ3) is 4.32. The Morgan fingerprint density at radius 2 is 1.53 bits per heavy atom. The van der Waals surface area contributed by atoms with Crippen LogP contribution in [-0.4, -0.2) is 50.8 Å². The van der Waals surface area contributed by atoms with E-state index in [1.165, 1.54) is 4.90 Å². The molecule has 2 aliphatic rings. The summed E-state index contributed by atoms with van der Waals surface area (Å²) in [5.74, 6) is -0.654. The molecule has 1 atom stereocenters. The second-order valence-corrected chi connectivity index (χ2v) is 9.41. The fraction of sp³-hybridized carbons (Fsp3) is 0.267. The number of Topliss-reactive ketones (excluding diaryl/α,β-unsaturated/α-hetero) is 1. The number of anilines is 3. The zero-order valence-electron chi connectivity index (χ0n) is 22.0. The lowest BCUT2D eigenvalue weighted by Gasteiger charge is -2.27. The topological polar surface area (TPSA) is 82.5 Å². The molecule has 1 amide bonds. The van der Waals surface area contributed by atoms with E-state index < -0.39 is 17.7 Å². The van der Waals surface area contributed by atoms with Crippen molar-refractivity contribution in [2.24, 2.45) is 0 Å². The molecular formula is C30H31N3O5. The zero-order valence-corrected chi connectivity index (χ0v) is 22.0. The van der Waals surface area contributed by atoms with E-state index in [0.29, 0.717) is 22.7 Å². The van der Waals surface area contributed by atoms with Gasteiger partial charge in [-0.1, -0.05) is 12.1 Å². The second kappa shape index (κ2) is 10.1. The van der Waals surface area contributed by atoms with Crippen LogP contribution in [0.4, 0.5) is 17.1 Å². The molecule has 0 radical (unpaired) electrons. The third-order valence-electron chi connectivity index (χ3n) is 7.07. The van der Waals surface area contributed by atoms with Crippen LogP contribution in [-0.2, 0) is 9.59 Å². The van der Waals surface area contributed by atoms with Crippen LogP contribution in [0.1, 0.15) is 31.0 Å². The van der Waals surface area contributed by atoms with Gasteiger partial charge in [0.2, 0.25) is 6.79 Å². The van der Waals surface area contributed by atoms with Crippen molar-refractivity contribution in [2.45, 2.75) is 19.9 Å². The van der Waals surface area contributed by atoms with Gasteiger partial charge >= 0.3 is 0 Å². The number of ether oxygens (including phenoxy) is 2. The van der Waals surface area contributed by atoms with Crippen LogP contribution in [0, 0.1) is 0 Å². The highest BCUT2D eigenvalue weighted by Gasteiger charge is 2.47. The normalized spacial score (nSPS) is 17.7. The lowest BCUT2D eigenvalue weighted by atomic mass is 9.94. The number of nitrogens with zero attached hydrogens (tertiary/aromatic N) is 3. The highest BCUT2D eigenvalue weighted by molar-refractivity contribution is 6.51. The highest BCUT2D eigenvalue weighted by Crippen LogP contribution is 2.44. The van der Waals surface area contributed by atoms with Gasteiger partial charge in [-0.25, -0.2) is 0 Å². The number of hydrogen-bond donors (Lipinski definition) is 1. The third-order valence-corrected chi connectivity index (χ3v) is 7.07. The maximum Gasteiger partial charge on any atom is 0.300 e. The van der Waals surface area contributed by atoms with Crippen LogP contribution in [0.3, 0.4) is 0 Å². The molecule has 0 aliphatic carbocycles. The fourth-order valence-corrected chi connectivity index (χ4v) is 4.98. The van der Waals surface area contributed by atoms with Gasteiger partial charge in [0.15, 0.2) is 11.5 Å². The molecule has 8 heteroatoms. The Hall–Kier alpha value is -4.46. The van der Waals surface area contributed by atoms with Gasteiger partial charge < -0.3 is 24.4 Å². The Morgan fingerprint density at radius 3 is 2.16 bits per heavy atom. The molecule has 8 nitrogen and oxygen atoms in total. The summed E-state index contributed by atoms with van der Waals surface area (Å²) in [6, 6.07) is 19.4. The second-order valence-electron chi connectivity index (χ2n) is 9.41. The quantitative estimate of drug-likeness (QED) is 0.272. The van der Waals surface area contributed by atoms with E-state index in [-0.39, 0.29) is 18.1 Å². The number of carbonyl (C=O) groups excluding carboxylic acids is 2. The Bertz CT molecular complexity index is 1390. The molecule has 1 N–H and O–H groups in total. The molecule has 3 aromatic rings. The van der Waals surface area contributed by atoms with E-state index in [9.17, 15) is 14.7 Å². The molecule has 1 saturated heterocycles. The van der Waals surface area contributed by atoms with Crippen molar-refractivity contribution in [3.05, 3.63) is 83.4 Å². The van der Waals surface area contributed by atoms with Crippen LogP contribution in [0.15, 0.2) is 72.3 Å². The number of fused-ring (bicyclic) bond motifs is 1. The first-order valence-electron chi connectivity index (χ1n) is 12.7. The Kier molecular flexibility index (Phi) is 6.72.